The monoisotopic (exact) mass is 454 g/mol. The fourth-order valence-electron chi connectivity index (χ4n) is 2.90. The van der Waals surface area contributed by atoms with Crippen molar-refractivity contribution in [1.82, 2.24) is 10.2 Å². The van der Waals surface area contributed by atoms with Gasteiger partial charge < -0.3 is 10.2 Å². The van der Waals surface area contributed by atoms with Crippen molar-refractivity contribution in [3.8, 4) is 0 Å². The largest absolute Gasteiger partial charge is 0.354 e. The van der Waals surface area contributed by atoms with Crippen molar-refractivity contribution in [3.63, 3.8) is 0 Å². The Morgan fingerprint density at radius 3 is 2.34 bits per heavy atom. The first kappa shape index (κ1) is 23.5. The lowest BCUT2D eigenvalue weighted by Gasteiger charge is -2.29. The molecule has 0 aliphatic carbocycles. The number of nitrogens with one attached hydrogen (secondary N) is 1. The number of unbranched alkanes of at least 4 members (excludes halogenated alkanes) is 1. The van der Waals surface area contributed by atoms with E-state index in [1.165, 1.54) is 4.90 Å². The third-order valence-electron chi connectivity index (χ3n) is 4.63. The molecule has 0 aromatic heterocycles. The molecule has 0 heterocycles. The topological polar surface area (TPSA) is 49.4 Å². The van der Waals surface area contributed by atoms with Crippen LogP contribution in [0.15, 0.2) is 42.5 Å². The van der Waals surface area contributed by atoms with E-state index in [2.05, 4.69) is 12.2 Å². The van der Waals surface area contributed by atoms with Crippen LogP contribution < -0.4 is 5.32 Å². The average molecular weight is 456 g/mol. The van der Waals surface area contributed by atoms with Crippen LogP contribution in [-0.4, -0.2) is 29.3 Å². The molecular weight excluding hydrogens is 431 g/mol. The van der Waals surface area contributed by atoms with Crippen LogP contribution in [-0.2, 0) is 22.6 Å². The molecule has 7 heteroatoms. The normalized spacial score (nSPS) is 11.8. The molecule has 0 aliphatic heterocycles. The number of nitrogens with zero attached hydrogens (tertiary/aromatic N) is 1. The number of amides is 2. The minimum atomic E-state index is -0.653. The fraction of sp³-hybridized carbons (Fsp3) is 0.364. The van der Waals surface area contributed by atoms with Crippen molar-refractivity contribution in [1.29, 1.82) is 0 Å². The smallest absolute Gasteiger partial charge is 0.242 e. The van der Waals surface area contributed by atoms with Gasteiger partial charge in [-0.2, -0.15) is 0 Å². The third kappa shape index (κ3) is 6.91. The maximum Gasteiger partial charge on any atom is 0.242 e. The van der Waals surface area contributed by atoms with Gasteiger partial charge >= 0.3 is 0 Å². The van der Waals surface area contributed by atoms with Gasteiger partial charge in [-0.15, -0.1) is 0 Å². The molecule has 0 spiro atoms. The first-order chi connectivity index (χ1) is 13.8. The van der Waals surface area contributed by atoms with Crippen molar-refractivity contribution >= 4 is 46.6 Å². The van der Waals surface area contributed by atoms with E-state index in [1.54, 1.807) is 37.3 Å². The number of hydrogen-bond acceptors (Lipinski definition) is 2. The van der Waals surface area contributed by atoms with E-state index in [0.29, 0.717) is 27.2 Å². The number of carbonyl (C=O) groups excluding carboxylic acids is 2. The summed E-state index contributed by atoms with van der Waals surface area (Å²) in [4.78, 5) is 27.3. The highest BCUT2D eigenvalue weighted by molar-refractivity contribution is 6.36. The molecule has 0 radical (unpaired) electrons. The Kier molecular flexibility index (Phi) is 9.28. The van der Waals surface area contributed by atoms with Gasteiger partial charge in [-0.05, 0) is 48.7 Å². The maximum absolute atomic E-state index is 13.2. The second-order valence-corrected chi connectivity index (χ2v) is 8.10. The molecule has 2 rings (SSSR count). The number of rotatable bonds is 9. The molecule has 0 aliphatic rings. The zero-order valence-electron chi connectivity index (χ0n) is 16.6. The lowest BCUT2D eigenvalue weighted by molar-refractivity contribution is -0.140. The van der Waals surface area contributed by atoms with Gasteiger partial charge in [-0.1, -0.05) is 66.3 Å². The van der Waals surface area contributed by atoms with E-state index in [1.807, 2.05) is 12.1 Å². The van der Waals surface area contributed by atoms with Gasteiger partial charge in [0.1, 0.15) is 6.04 Å². The molecular formula is C22H25Cl3N2O2. The fourth-order valence-corrected chi connectivity index (χ4v) is 3.65. The van der Waals surface area contributed by atoms with E-state index in [0.717, 1.165) is 18.4 Å². The second-order valence-electron chi connectivity index (χ2n) is 6.85. The van der Waals surface area contributed by atoms with E-state index < -0.39 is 6.04 Å². The van der Waals surface area contributed by atoms with E-state index in [9.17, 15) is 9.59 Å². The Hall–Kier alpha value is -1.75. The third-order valence-corrected chi connectivity index (χ3v) is 5.57. The van der Waals surface area contributed by atoms with Crippen molar-refractivity contribution in [2.75, 3.05) is 6.54 Å². The molecule has 0 unspecified atom stereocenters. The van der Waals surface area contributed by atoms with Gasteiger partial charge in [-0.25, -0.2) is 0 Å². The van der Waals surface area contributed by atoms with Crippen LogP contribution in [0.3, 0.4) is 0 Å². The van der Waals surface area contributed by atoms with Crippen LogP contribution in [0.2, 0.25) is 15.1 Å². The molecule has 0 bridgehead atoms. The number of benzene rings is 2. The highest BCUT2D eigenvalue weighted by atomic mass is 35.5. The molecule has 29 heavy (non-hydrogen) atoms. The van der Waals surface area contributed by atoms with Crippen molar-refractivity contribution in [2.45, 2.75) is 45.7 Å². The van der Waals surface area contributed by atoms with Crippen LogP contribution in [0.1, 0.15) is 37.8 Å². The molecule has 2 aromatic rings. The molecule has 1 atom stereocenters. The summed E-state index contributed by atoms with van der Waals surface area (Å²) < 4.78 is 0. The Labute approximate surface area is 187 Å². The molecule has 2 aromatic carbocycles. The summed E-state index contributed by atoms with van der Waals surface area (Å²) in [5.74, 6) is -0.433. The second kappa shape index (κ2) is 11.4. The molecule has 0 saturated heterocycles. The molecule has 156 valence electrons. The Morgan fingerprint density at radius 2 is 1.72 bits per heavy atom. The van der Waals surface area contributed by atoms with Gasteiger partial charge in [-0.3, -0.25) is 9.59 Å². The predicted molar refractivity (Wildman–Crippen MR) is 120 cm³/mol. The Morgan fingerprint density at radius 1 is 1.07 bits per heavy atom. The molecule has 1 N–H and O–H groups in total. The maximum atomic E-state index is 13.2. The summed E-state index contributed by atoms with van der Waals surface area (Å²) in [7, 11) is 0. The summed E-state index contributed by atoms with van der Waals surface area (Å²) in [6.45, 7) is 4.61. The summed E-state index contributed by atoms with van der Waals surface area (Å²) in [5.41, 5.74) is 1.39. The average Bonchev–Trinajstić information content (AvgIpc) is 2.68. The Balaban J connectivity index is 2.25. The number of halogens is 3. The molecule has 0 fully saturated rings. The minimum absolute atomic E-state index is 0.00561. The Bertz CT molecular complexity index is 837. The van der Waals surface area contributed by atoms with Gasteiger partial charge in [0, 0.05) is 28.2 Å². The van der Waals surface area contributed by atoms with E-state index in [4.69, 9.17) is 34.8 Å². The predicted octanol–water partition coefficient (Wildman–Crippen LogP) is 5.52. The summed E-state index contributed by atoms with van der Waals surface area (Å²) >= 11 is 18.6. The summed E-state index contributed by atoms with van der Waals surface area (Å²) in [6, 6.07) is 11.7. The quantitative estimate of drug-likeness (QED) is 0.506. The highest BCUT2D eigenvalue weighted by Crippen LogP contribution is 2.26. The van der Waals surface area contributed by atoms with E-state index >= 15 is 0 Å². The van der Waals surface area contributed by atoms with Gasteiger partial charge in [0.2, 0.25) is 11.8 Å². The summed E-state index contributed by atoms with van der Waals surface area (Å²) in [5, 5.41) is 4.31. The SMILES string of the molecule is CCCCNC(=O)[C@@H](C)N(Cc1cccc(Cl)c1)C(=O)Cc1c(Cl)cccc1Cl. The van der Waals surface area contributed by atoms with Gasteiger partial charge in [0.05, 0.1) is 6.42 Å². The summed E-state index contributed by atoms with van der Waals surface area (Å²) in [6.07, 6.45) is 1.87. The lowest BCUT2D eigenvalue weighted by atomic mass is 10.1. The van der Waals surface area contributed by atoms with Crippen molar-refractivity contribution in [2.24, 2.45) is 0 Å². The van der Waals surface area contributed by atoms with Crippen molar-refractivity contribution < 1.29 is 9.59 Å². The van der Waals surface area contributed by atoms with Crippen LogP contribution in [0.5, 0.6) is 0 Å². The highest BCUT2D eigenvalue weighted by Gasteiger charge is 2.27. The van der Waals surface area contributed by atoms with Gasteiger partial charge in [0.25, 0.3) is 0 Å². The molecule has 0 saturated carbocycles. The van der Waals surface area contributed by atoms with Crippen LogP contribution in [0, 0.1) is 0 Å². The number of hydrogen-bond donors (Lipinski definition) is 1. The standard InChI is InChI=1S/C22H25Cl3N2O2/c1-3-4-11-26-22(29)15(2)27(14-16-7-5-8-17(23)12-16)21(28)13-18-19(24)9-6-10-20(18)25/h5-10,12,15H,3-4,11,13-14H2,1-2H3,(H,26,29)/t15-/m1/s1. The zero-order chi connectivity index (χ0) is 21.4. The van der Waals surface area contributed by atoms with Crippen LogP contribution in [0.4, 0.5) is 0 Å². The van der Waals surface area contributed by atoms with E-state index in [-0.39, 0.29) is 24.8 Å². The minimum Gasteiger partial charge on any atom is -0.354 e. The molecule has 2 amide bonds. The number of carbonyl (C=O) groups is 2. The first-order valence-electron chi connectivity index (χ1n) is 9.58. The van der Waals surface area contributed by atoms with Crippen molar-refractivity contribution in [3.05, 3.63) is 68.7 Å². The van der Waals surface area contributed by atoms with Crippen LogP contribution >= 0.6 is 34.8 Å². The molecule has 4 nitrogen and oxygen atoms in total. The van der Waals surface area contributed by atoms with Crippen LogP contribution in [0.25, 0.3) is 0 Å². The zero-order valence-corrected chi connectivity index (χ0v) is 18.8. The first-order valence-corrected chi connectivity index (χ1v) is 10.7. The van der Waals surface area contributed by atoms with Gasteiger partial charge in [0.15, 0.2) is 0 Å². The lowest BCUT2D eigenvalue weighted by Crippen LogP contribution is -2.48.